The highest BCUT2D eigenvalue weighted by Crippen LogP contribution is 2.27. The summed E-state index contributed by atoms with van der Waals surface area (Å²) in [6.07, 6.45) is 5.37. The van der Waals surface area contributed by atoms with Gasteiger partial charge < -0.3 is 19.9 Å². The molecule has 21 heavy (non-hydrogen) atoms. The van der Waals surface area contributed by atoms with Gasteiger partial charge in [0.1, 0.15) is 12.4 Å². The molecule has 0 aliphatic heterocycles. The van der Waals surface area contributed by atoms with Crippen LogP contribution >= 0.6 is 0 Å². The van der Waals surface area contributed by atoms with Crippen LogP contribution in [0, 0.1) is 0 Å². The van der Waals surface area contributed by atoms with Gasteiger partial charge in [0.05, 0.1) is 12.2 Å². The minimum absolute atomic E-state index is 0.509. The predicted molar refractivity (Wildman–Crippen MR) is 83.6 cm³/mol. The average Bonchev–Trinajstić information content (AvgIpc) is 2.49. The lowest BCUT2D eigenvalue weighted by atomic mass is 9.85. The Labute approximate surface area is 127 Å². The fourth-order valence-electron chi connectivity index (χ4n) is 2.81. The lowest BCUT2D eigenvalue weighted by Gasteiger charge is -2.32. The molecular weight excluding hydrogens is 266 g/mol. The number of rotatable bonds is 8. The smallest absolute Gasteiger partial charge is 0.119 e. The molecule has 0 amide bonds. The molecule has 1 aliphatic carbocycles. The quantitative estimate of drug-likeness (QED) is 0.723. The second-order valence-corrected chi connectivity index (χ2v) is 5.88. The third-order valence-corrected chi connectivity index (χ3v) is 4.02. The minimum Gasteiger partial charge on any atom is -0.491 e. The van der Waals surface area contributed by atoms with Gasteiger partial charge in [-0.25, -0.2) is 0 Å². The minimum atomic E-state index is -0.509. The molecule has 0 radical (unpaired) electrons. The van der Waals surface area contributed by atoms with E-state index in [1.807, 2.05) is 18.2 Å². The van der Waals surface area contributed by atoms with E-state index in [1.165, 1.54) is 12.0 Å². The first-order valence-electron chi connectivity index (χ1n) is 7.86. The summed E-state index contributed by atoms with van der Waals surface area (Å²) in [5, 5.41) is 13.8. The van der Waals surface area contributed by atoms with E-state index in [9.17, 15) is 5.11 Å². The van der Waals surface area contributed by atoms with Gasteiger partial charge in [0.15, 0.2) is 0 Å². The lowest BCUT2D eigenvalue weighted by Crippen LogP contribution is -2.41. The molecule has 2 rings (SSSR count). The van der Waals surface area contributed by atoms with Crippen molar-refractivity contribution < 1.29 is 14.6 Å². The molecule has 0 heterocycles. The van der Waals surface area contributed by atoms with E-state index in [0.717, 1.165) is 38.0 Å². The van der Waals surface area contributed by atoms with Gasteiger partial charge in [-0.3, -0.25) is 0 Å². The van der Waals surface area contributed by atoms with Crippen LogP contribution in [-0.2, 0) is 11.3 Å². The first-order valence-corrected chi connectivity index (χ1v) is 7.86. The maximum atomic E-state index is 10.4. The summed E-state index contributed by atoms with van der Waals surface area (Å²) in [7, 11) is 1.67. The zero-order valence-corrected chi connectivity index (χ0v) is 12.9. The van der Waals surface area contributed by atoms with Gasteiger partial charge in [0, 0.05) is 20.2 Å². The van der Waals surface area contributed by atoms with Crippen LogP contribution in [0.1, 0.15) is 37.7 Å². The van der Waals surface area contributed by atoms with Gasteiger partial charge in [0.2, 0.25) is 0 Å². The monoisotopic (exact) mass is 293 g/mol. The molecule has 1 aromatic carbocycles. The highest BCUT2D eigenvalue weighted by Gasteiger charge is 2.28. The Bertz CT molecular complexity index is 416. The fraction of sp³-hybridized carbons (Fsp3) is 0.647. The third-order valence-electron chi connectivity index (χ3n) is 4.02. The van der Waals surface area contributed by atoms with E-state index < -0.39 is 5.60 Å². The second-order valence-electron chi connectivity index (χ2n) is 5.88. The highest BCUT2D eigenvalue weighted by atomic mass is 16.5. The van der Waals surface area contributed by atoms with E-state index in [0.29, 0.717) is 19.8 Å². The summed E-state index contributed by atoms with van der Waals surface area (Å²) in [5.41, 5.74) is 0.662. The van der Waals surface area contributed by atoms with Crippen molar-refractivity contribution in [3.63, 3.8) is 0 Å². The van der Waals surface area contributed by atoms with E-state index >= 15 is 0 Å². The van der Waals surface area contributed by atoms with Crippen molar-refractivity contribution in [3.05, 3.63) is 29.8 Å². The average molecular weight is 293 g/mol. The van der Waals surface area contributed by atoms with Crippen molar-refractivity contribution in [1.29, 1.82) is 0 Å². The molecule has 1 saturated carbocycles. The molecule has 1 aliphatic rings. The maximum absolute atomic E-state index is 10.4. The van der Waals surface area contributed by atoms with Crippen molar-refractivity contribution in [2.75, 3.05) is 26.9 Å². The van der Waals surface area contributed by atoms with Crippen LogP contribution in [0.5, 0.6) is 5.75 Å². The van der Waals surface area contributed by atoms with Gasteiger partial charge in [-0.05, 0) is 30.5 Å². The number of nitrogens with one attached hydrogen (secondary N) is 1. The van der Waals surface area contributed by atoms with E-state index in [4.69, 9.17) is 9.47 Å². The molecule has 0 unspecified atom stereocenters. The summed E-state index contributed by atoms with van der Waals surface area (Å²) < 4.78 is 10.6. The van der Waals surface area contributed by atoms with Crippen molar-refractivity contribution in [3.8, 4) is 5.75 Å². The Balaban J connectivity index is 1.76. The SMILES string of the molecule is COCCOc1cccc(CNCC2(O)CCCCC2)c1. The number of hydrogen-bond acceptors (Lipinski definition) is 4. The van der Waals surface area contributed by atoms with Gasteiger partial charge >= 0.3 is 0 Å². The molecule has 0 saturated heterocycles. The van der Waals surface area contributed by atoms with E-state index in [2.05, 4.69) is 11.4 Å². The van der Waals surface area contributed by atoms with Crippen LogP contribution in [0.4, 0.5) is 0 Å². The Morgan fingerprint density at radius 2 is 2.00 bits per heavy atom. The van der Waals surface area contributed by atoms with Crippen LogP contribution in [-0.4, -0.2) is 37.6 Å². The highest BCUT2D eigenvalue weighted by molar-refractivity contribution is 5.28. The summed E-state index contributed by atoms with van der Waals surface area (Å²) in [4.78, 5) is 0. The van der Waals surface area contributed by atoms with Gasteiger partial charge in [-0.15, -0.1) is 0 Å². The van der Waals surface area contributed by atoms with Gasteiger partial charge in [0.25, 0.3) is 0 Å². The Hall–Kier alpha value is -1.10. The molecule has 0 atom stereocenters. The number of benzene rings is 1. The maximum Gasteiger partial charge on any atom is 0.119 e. The summed E-state index contributed by atoms with van der Waals surface area (Å²) in [6, 6.07) is 8.05. The topological polar surface area (TPSA) is 50.7 Å². The van der Waals surface area contributed by atoms with Crippen LogP contribution < -0.4 is 10.1 Å². The van der Waals surface area contributed by atoms with Crippen LogP contribution in [0.15, 0.2) is 24.3 Å². The zero-order valence-electron chi connectivity index (χ0n) is 12.9. The molecule has 2 N–H and O–H groups in total. The van der Waals surface area contributed by atoms with Gasteiger partial charge in [-0.1, -0.05) is 31.4 Å². The standard InChI is InChI=1S/C17H27NO3/c1-20-10-11-21-16-7-5-6-15(12-16)13-18-14-17(19)8-3-2-4-9-17/h5-7,12,18-19H,2-4,8-11,13-14H2,1H3. The number of aliphatic hydroxyl groups is 1. The van der Waals surface area contributed by atoms with E-state index in [1.54, 1.807) is 7.11 Å². The third kappa shape index (κ3) is 5.65. The lowest BCUT2D eigenvalue weighted by molar-refractivity contribution is 0.00467. The number of hydrogen-bond donors (Lipinski definition) is 2. The summed E-state index contributed by atoms with van der Waals surface area (Å²) in [5.74, 6) is 0.864. The Morgan fingerprint density at radius 3 is 2.76 bits per heavy atom. The molecule has 0 aromatic heterocycles. The molecule has 1 aromatic rings. The largest absolute Gasteiger partial charge is 0.491 e. The molecule has 0 bridgehead atoms. The van der Waals surface area contributed by atoms with Crippen molar-refractivity contribution in [2.24, 2.45) is 0 Å². The number of ether oxygens (including phenoxy) is 2. The predicted octanol–water partition coefficient (Wildman–Crippen LogP) is 2.50. The Kier molecular flexibility index (Phi) is 6.49. The van der Waals surface area contributed by atoms with Crippen molar-refractivity contribution in [1.82, 2.24) is 5.32 Å². The zero-order chi connectivity index (χ0) is 15.0. The summed E-state index contributed by atoms with van der Waals surface area (Å²) >= 11 is 0. The molecule has 0 spiro atoms. The molecular formula is C17H27NO3. The van der Waals surface area contributed by atoms with Crippen LogP contribution in [0.3, 0.4) is 0 Å². The van der Waals surface area contributed by atoms with E-state index in [-0.39, 0.29) is 0 Å². The molecule has 4 nitrogen and oxygen atoms in total. The Morgan fingerprint density at radius 1 is 1.19 bits per heavy atom. The first kappa shape index (κ1) is 16.3. The second kappa shape index (κ2) is 8.37. The van der Waals surface area contributed by atoms with Crippen molar-refractivity contribution in [2.45, 2.75) is 44.2 Å². The molecule has 118 valence electrons. The first-order chi connectivity index (χ1) is 10.2. The normalized spacial score (nSPS) is 17.6. The fourth-order valence-corrected chi connectivity index (χ4v) is 2.81. The number of methoxy groups -OCH3 is 1. The van der Waals surface area contributed by atoms with Crippen LogP contribution in [0.25, 0.3) is 0 Å². The molecule has 4 heteroatoms. The van der Waals surface area contributed by atoms with Gasteiger partial charge in [-0.2, -0.15) is 0 Å². The molecule has 1 fully saturated rings. The summed E-state index contributed by atoms with van der Waals surface area (Å²) in [6.45, 7) is 2.58. The van der Waals surface area contributed by atoms with Crippen LogP contribution in [0.2, 0.25) is 0 Å². The van der Waals surface area contributed by atoms with Crippen molar-refractivity contribution >= 4 is 0 Å².